The molecule has 0 aliphatic rings. The maximum atomic E-state index is 8.30. The Hall–Kier alpha value is -1.45. The molecule has 98 valence electrons. The minimum absolute atomic E-state index is 0.369. The number of rotatable bonds is 6. The van der Waals surface area contributed by atoms with Gasteiger partial charge in [0.25, 0.3) is 0 Å². The van der Waals surface area contributed by atoms with E-state index in [1.54, 1.807) is 18.0 Å². The fraction of sp³-hybridized carbons (Fsp3) is 0.500. The summed E-state index contributed by atoms with van der Waals surface area (Å²) in [5.74, 6) is 3.61. The fourth-order valence-electron chi connectivity index (χ4n) is 1.27. The minimum Gasteiger partial charge on any atom is -0.463 e. The van der Waals surface area contributed by atoms with Crippen LogP contribution >= 0.6 is 11.8 Å². The van der Waals surface area contributed by atoms with Crippen LogP contribution < -0.4 is 11.5 Å². The molecule has 0 saturated heterocycles. The van der Waals surface area contributed by atoms with Crippen molar-refractivity contribution >= 4 is 17.6 Å². The first-order valence-electron chi connectivity index (χ1n) is 5.60. The smallest absolute Gasteiger partial charge is 0.207 e. The zero-order valence-electron chi connectivity index (χ0n) is 10.6. The average molecular weight is 266 g/mol. The molecule has 0 atom stereocenters. The van der Waals surface area contributed by atoms with Crippen LogP contribution in [0.2, 0.25) is 0 Å². The molecule has 0 saturated carbocycles. The Morgan fingerprint density at radius 2 is 2.28 bits per heavy atom. The molecular formula is C12H18N4OS. The molecule has 1 aromatic rings. The van der Waals surface area contributed by atoms with Gasteiger partial charge in [0.15, 0.2) is 0 Å². The first-order chi connectivity index (χ1) is 8.43. The number of hydrogen-bond acceptors (Lipinski definition) is 5. The fourth-order valence-corrected chi connectivity index (χ4v) is 2.13. The topological polar surface area (TPSA) is 101 Å². The summed E-state index contributed by atoms with van der Waals surface area (Å²) in [5, 5.41) is 8.30. The third-order valence-electron chi connectivity index (χ3n) is 2.24. The lowest BCUT2D eigenvalue weighted by molar-refractivity contribution is 0.381. The number of aliphatic imine (C=N–C) groups is 1. The summed E-state index contributed by atoms with van der Waals surface area (Å²) < 4.78 is 5.64. The van der Waals surface area contributed by atoms with E-state index in [0.717, 1.165) is 23.0 Å². The molecule has 4 N–H and O–H groups in total. The zero-order valence-corrected chi connectivity index (χ0v) is 11.5. The highest BCUT2D eigenvalue weighted by molar-refractivity contribution is 7.98. The van der Waals surface area contributed by atoms with Crippen molar-refractivity contribution in [3.05, 3.63) is 23.7 Å². The van der Waals surface area contributed by atoms with Gasteiger partial charge in [-0.1, -0.05) is 0 Å². The van der Waals surface area contributed by atoms with E-state index in [2.05, 4.69) is 4.99 Å². The average Bonchev–Trinajstić information content (AvgIpc) is 2.73. The maximum Gasteiger partial charge on any atom is 0.207 e. The molecule has 0 aliphatic heterocycles. The van der Waals surface area contributed by atoms with Gasteiger partial charge in [0.05, 0.1) is 11.3 Å². The second-order valence-corrected chi connectivity index (χ2v) is 5.60. The van der Waals surface area contributed by atoms with Crippen molar-refractivity contribution in [3.63, 3.8) is 0 Å². The van der Waals surface area contributed by atoms with Crippen molar-refractivity contribution < 1.29 is 4.42 Å². The molecule has 0 amide bonds. The molecule has 0 spiro atoms. The van der Waals surface area contributed by atoms with E-state index in [1.165, 1.54) is 0 Å². The molecule has 0 radical (unpaired) electrons. The standard InChI is InChI=1S/C12H18N4OS/c1-12(2,15)10-4-3-9(17-10)7-18-6-5-11(14)16-8-13/h3-4H,5-7,15H2,1-2H3,(H2,14,16). The number of nitrogens with zero attached hydrogens (tertiary/aromatic N) is 2. The Bertz CT molecular complexity index is 453. The summed E-state index contributed by atoms with van der Waals surface area (Å²) in [5.41, 5.74) is 11.0. The second kappa shape index (κ2) is 6.47. The summed E-state index contributed by atoms with van der Waals surface area (Å²) in [4.78, 5) is 3.45. The Morgan fingerprint density at radius 1 is 1.56 bits per heavy atom. The van der Waals surface area contributed by atoms with E-state index < -0.39 is 5.54 Å². The van der Waals surface area contributed by atoms with Gasteiger partial charge in [-0.25, -0.2) is 0 Å². The third-order valence-corrected chi connectivity index (χ3v) is 3.22. The summed E-state index contributed by atoms with van der Waals surface area (Å²) >= 11 is 1.68. The van der Waals surface area contributed by atoms with Crippen LogP contribution in [0.25, 0.3) is 0 Å². The molecule has 6 heteroatoms. The summed E-state index contributed by atoms with van der Waals surface area (Å²) in [6, 6.07) is 3.84. The first-order valence-corrected chi connectivity index (χ1v) is 6.76. The Balaban J connectivity index is 2.35. The van der Waals surface area contributed by atoms with Gasteiger partial charge in [-0.3, -0.25) is 0 Å². The number of thioether (sulfide) groups is 1. The Morgan fingerprint density at radius 3 is 2.83 bits per heavy atom. The molecule has 1 heterocycles. The van der Waals surface area contributed by atoms with Gasteiger partial charge in [-0.2, -0.15) is 22.0 Å². The van der Waals surface area contributed by atoms with Gasteiger partial charge < -0.3 is 15.9 Å². The molecule has 0 bridgehead atoms. The van der Waals surface area contributed by atoms with E-state index >= 15 is 0 Å². The SMILES string of the molecule is CC(C)(N)c1ccc(CSCCC(N)=NC#N)o1. The van der Waals surface area contributed by atoms with Crippen molar-refractivity contribution in [1.29, 1.82) is 5.26 Å². The quantitative estimate of drug-likeness (QED) is 0.354. The van der Waals surface area contributed by atoms with Crippen molar-refractivity contribution in [3.8, 4) is 6.19 Å². The molecule has 1 aromatic heterocycles. The van der Waals surface area contributed by atoms with Crippen molar-refractivity contribution in [2.75, 3.05) is 5.75 Å². The minimum atomic E-state index is -0.452. The highest BCUT2D eigenvalue weighted by atomic mass is 32.2. The largest absolute Gasteiger partial charge is 0.463 e. The van der Waals surface area contributed by atoms with Crippen molar-refractivity contribution in [1.82, 2.24) is 0 Å². The van der Waals surface area contributed by atoms with Gasteiger partial charge >= 0.3 is 0 Å². The highest BCUT2D eigenvalue weighted by Crippen LogP contribution is 2.22. The first kappa shape index (κ1) is 14.6. The molecule has 0 aromatic carbocycles. The normalized spacial score (nSPS) is 12.4. The molecule has 5 nitrogen and oxygen atoms in total. The predicted octanol–water partition coefficient (Wildman–Crippen LogP) is 1.93. The lowest BCUT2D eigenvalue weighted by Crippen LogP contribution is -2.27. The van der Waals surface area contributed by atoms with Crippen molar-refractivity contribution in [2.45, 2.75) is 31.6 Å². The van der Waals surface area contributed by atoms with E-state index in [9.17, 15) is 0 Å². The van der Waals surface area contributed by atoms with E-state index in [-0.39, 0.29) is 0 Å². The maximum absolute atomic E-state index is 8.30. The molecule has 1 rings (SSSR count). The van der Waals surface area contributed by atoms with Crippen LogP contribution in [0.5, 0.6) is 0 Å². The Labute approximate surface area is 111 Å². The third kappa shape index (κ3) is 4.82. The molecule has 18 heavy (non-hydrogen) atoms. The van der Waals surface area contributed by atoms with Crippen LogP contribution in [0, 0.1) is 11.5 Å². The number of amidine groups is 1. The van der Waals surface area contributed by atoms with Gasteiger partial charge in [-0.15, -0.1) is 0 Å². The van der Waals surface area contributed by atoms with Gasteiger partial charge in [-0.05, 0) is 26.0 Å². The summed E-state index contributed by atoms with van der Waals surface area (Å²) in [7, 11) is 0. The van der Waals surface area contributed by atoms with Gasteiger partial charge in [0.2, 0.25) is 6.19 Å². The van der Waals surface area contributed by atoms with Crippen LogP contribution in [0.3, 0.4) is 0 Å². The molecule has 0 aliphatic carbocycles. The number of furan rings is 1. The van der Waals surface area contributed by atoms with Crippen LogP contribution in [0.4, 0.5) is 0 Å². The molecule has 0 fully saturated rings. The lowest BCUT2D eigenvalue weighted by atomic mass is 10.0. The van der Waals surface area contributed by atoms with E-state index in [4.69, 9.17) is 21.1 Å². The monoisotopic (exact) mass is 266 g/mol. The van der Waals surface area contributed by atoms with Crippen LogP contribution in [0.15, 0.2) is 21.5 Å². The van der Waals surface area contributed by atoms with Crippen LogP contribution in [0.1, 0.15) is 31.8 Å². The van der Waals surface area contributed by atoms with Gasteiger partial charge in [0, 0.05) is 12.2 Å². The molecule has 0 unspecified atom stereocenters. The van der Waals surface area contributed by atoms with E-state index in [1.807, 2.05) is 26.0 Å². The highest BCUT2D eigenvalue weighted by Gasteiger charge is 2.18. The van der Waals surface area contributed by atoms with Gasteiger partial charge in [0.1, 0.15) is 17.4 Å². The predicted molar refractivity (Wildman–Crippen MR) is 73.9 cm³/mol. The lowest BCUT2D eigenvalue weighted by Gasteiger charge is -2.14. The Kier molecular flexibility index (Phi) is 5.25. The van der Waals surface area contributed by atoms with Crippen LogP contribution in [-0.2, 0) is 11.3 Å². The summed E-state index contributed by atoms with van der Waals surface area (Å²) in [6.45, 7) is 3.81. The number of nitriles is 1. The summed E-state index contributed by atoms with van der Waals surface area (Å²) in [6.07, 6.45) is 2.27. The van der Waals surface area contributed by atoms with Crippen molar-refractivity contribution in [2.24, 2.45) is 16.5 Å². The van der Waals surface area contributed by atoms with E-state index in [0.29, 0.717) is 12.3 Å². The number of nitrogens with two attached hydrogens (primary N) is 2. The number of hydrogen-bond donors (Lipinski definition) is 2. The van der Waals surface area contributed by atoms with Crippen LogP contribution in [-0.4, -0.2) is 11.6 Å². The zero-order chi connectivity index (χ0) is 13.6. The molecular weight excluding hydrogens is 248 g/mol. The second-order valence-electron chi connectivity index (χ2n) is 4.49.